The van der Waals surface area contributed by atoms with Crippen molar-refractivity contribution in [1.82, 2.24) is 0 Å². The summed E-state index contributed by atoms with van der Waals surface area (Å²) in [5.41, 5.74) is 8.24. The lowest BCUT2D eigenvalue weighted by Crippen LogP contribution is -2.74. The van der Waals surface area contributed by atoms with Crippen molar-refractivity contribution in [3.8, 4) is 0 Å². The Morgan fingerprint density at radius 1 is 0.885 bits per heavy atom. The van der Waals surface area contributed by atoms with Crippen LogP contribution < -0.4 is 10.2 Å². The molecule has 1 aliphatic heterocycles. The fraction of sp³-hybridized carbons (Fsp3) is 0.500. The average Bonchev–Trinajstić information content (AvgIpc) is 2.58. The van der Waals surface area contributed by atoms with E-state index in [9.17, 15) is 0 Å². The monoisotopic (exact) mass is 348 g/mol. The topological polar surface area (TPSA) is 15.3 Å². The van der Waals surface area contributed by atoms with Crippen LogP contribution in [0.1, 0.15) is 56.9 Å². The maximum Gasteiger partial charge on any atom is 0.0671 e. The van der Waals surface area contributed by atoms with Gasteiger partial charge in [-0.3, -0.25) is 0 Å². The Morgan fingerprint density at radius 3 is 2.12 bits per heavy atom. The largest absolute Gasteiger partial charge is 0.377 e. The molecule has 4 rings (SSSR count). The number of aryl methyl sites for hydroxylation is 2. The van der Waals surface area contributed by atoms with Gasteiger partial charge in [-0.2, -0.15) is 0 Å². The fourth-order valence-corrected chi connectivity index (χ4v) is 5.62. The van der Waals surface area contributed by atoms with Crippen LogP contribution in [0.15, 0.2) is 36.4 Å². The second-order valence-corrected chi connectivity index (χ2v) is 9.63. The first-order chi connectivity index (χ1) is 12.0. The molecule has 0 saturated carbocycles. The highest BCUT2D eigenvalue weighted by atomic mass is 15.3. The van der Waals surface area contributed by atoms with Crippen LogP contribution in [0.5, 0.6) is 0 Å². The van der Waals surface area contributed by atoms with Crippen molar-refractivity contribution in [1.29, 1.82) is 0 Å². The van der Waals surface area contributed by atoms with Crippen molar-refractivity contribution in [2.75, 3.05) is 17.3 Å². The average molecular weight is 349 g/mol. The Morgan fingerprint density at radius 2 is 1.46 bits per heavy atom. The molecule has 0 amide bonds. The molecule has 2 aromatic rings. The molecule has 0 unspecified atom stereocenters. The van der Waals surface area contributed by atoms with Gasteiger partial charge >= 0.3 is 0 Å². The van der Waals surface area contributed by atoms with Gasteiger partial charge in [0.2, 0.25) is 0 Å². The molecule has 2 aliphatic rings. The maximum atomic E-state index is 3.98. The molecule has 1 N–H and O–H groups in total. The van der Waals surface area contributed by atoms with Gasteiger partial charge in [0.05, 0.1) is 23.0 Å². The summed E-state index contributed by atoms with van der Waals surface area (Å²) in [6, 6.07) is 14.0. The molecule has 2 aromatic carbocycles. The van der Waals surface area contributed by atoms with Crippen LogP contribution in [-0.4, -0.2) is 18.6 Å². The number of fused-ring (bicyclic) bond motifs is 3. The molecule has 1 heterocycles. The van der Waals surface area contributed by atoms with Gasteiger partial charge in [0.25, 0.3) is 0 Å². The first kappa shape index (κ1) is 17.5. The van der Waals surface area contributed by atoms with Gasteiger partial charge in [0, 0.05) is 17.9 Å². The van der Waals surface area contributed by atoms with Crippen LogP contribution in [0.2, 0.25) is 0 Å². The molecule has 0 spiro atoms. The van der Waals surface area contributed by atoms with Crippen LogP contribution in [0.3, 0.4) is 0 Å². The first-order valence-corrected chi connectivity index (χ1v) is 9.74. The standard InChI is InChI=1S/C24H32N2/c1-15-13-19-20(14-16(15)2)26(8)24(7)21(25-19)22(3,4)17-11-9-10-12-18(17)23(24,5)6/h9-14,21,25H,1-8H3/t21-,24-/m1/s1. The normalized spacial score (nSPS) is 27.8. The summed E-state index contributed by atoms with van der Waals surface area (Å²) in [5, 5.41) is 3.98. The van der Waals surface area contributed by atoms with E-state index in [1.165, 1.54) is 33.6 Å². The molecule has 0 bridgehead atoms. The second-order valence-electron chi connectivity index (χ2n) is 9.63. The number of benzene rings is 2. The molecule has 1 aliphatic carbocycles. The molecule has 2 atom stereocenters. The number of hydrogen-bond donors (Lipinski definition) is 1. The van der Waals surface area contributed by atoms with Crippen LogP contribution in [0.25, 0.3) is 0 Å². The number of nitrogens with one attached hydrogen (secondary N) is 1. The summed E-state index contributed by atoms with van der Waals surface area (Å²) in [4.78, 5) is 2.55. The molecule has 0 aromatic heterocycles. The van der Waals surface area contributed by atoms with Crippen LogP contribution in [0, 0.1) is 13.8 Å². The molecule has 2 heteroatoms. The zero-order valence-corrected chi connectivity index (χ0v) is 17.5. The highest BCUT2D eigenvalue weighted by molar-refractivity contribution is 5.78. The third-order valence-electron chi connectivity index (χ3n) is 7.81. The minimum Gasteiger partial charge on any atom is -0.377 e. The minimum atomic E-state index is -0.0421. The molecule has 0 fully saturated rings. The van der Waals surface area contributed by atoms with Gasteiger partial charge < -0.3 is 10.2 Å². The Bertz CT molecular complexity index is 893. The van der Waals surface area contributed by atoms with Gasteiger partial charge in [-0.05, 0) is 55.2 Å². The number of likely N-dealkylation sites (N-methyl/N-ethyl adjacent to an activating group) is 1. The van der Waals surface area contributed by atoms with Gasteiger partial charge in [-0.1, -0.05) is 52.0 Å². The van der Waals surface area contributed by atoms with Gasteiger partial charge in [-0.25, -0.2) is 0 Å². The van der Waals surface area contributed by atoms with Gasteiger partial charge in [-0.15, -0.1) is 0 Å². The smallest absolute Gasteiger partial charge is 0.0671 e. The maximum absolute atomic E-state index is 3.98. The zero-order chi connectivity index (χ0) is 19.1. The van der Waals surface area contributed by atoms with Crippen molar-refractivity contribution in [2.45, 2.75) is 70.9 Å². The molecule has 0 saturated heterocycles. The summed E-state index contributed by atoms with van der Waals surface area (Å²) in [5.74, 6) is 0. The summed E-state index contributed by atoms with van der Waals surface area (Å²) in [6.07, 6.45) is 0. The van der Waals surface area contributed by atoms with E-state index < -0.39 is 0 Å². The van der Waals surface area contributed by atoms with Crippen LogP contribution in [-0.2, 0) is 10.8 Å². The summed E-state index contributed by atoms with van der Waals surface area (Å²) in [7, 11) is 2.28. The third kappa shape index (κ3) is 1.88. The molecule has 2 nitrogen and oxygen atoms in total. The Hall–Kier alpha value is -1.96. The number of nitrogens with zero attached hydrogens (tertiary/aromatic N) is 1. The molecule has 0 radical (unpaired) electrons. The van der Waals surface area contributed by atoms with E-state index in [0.29, 0.717) is 6.04 Å². The first-order valence-electron chi connectivity index (χ1n) is 9.74. The summed E-state index contributed by atoms with van der Waals surface area (Å²) >= 11 is 0. The van der Waals surface area contributed by atoms with Crippen LogP contribution in [0.4, 0.5) is 11.4 Å². The second kappa shape index (κ2) is 5.06. The quantitative estimate of drug-likeness (QED) is 0.670. The zero-order valence-electron chi connectivity index (χ0n) is 17.5. The number of hydrogen-bond acceptors (Lipinski definition) is 2. The van der Waals surface area contributed by atoms with Gasteiger partial charge in [0.1, 0.15) is 0 Å². The lowest BCUT2D eigenvalue weighted by atomic mass is 9.50. The van der Waals surface area contributed by atoms with Crippen molar-refractivity contribution in [3.05, 3.63) is 58.7 Å². The summed E-state index contributed by atoms with van der Waals surface area (Å²) in [6.45, 7) is 16.5. The predicted molar refractivity (Wildman–Crippen MR) is 113 cm³/mol. The van der Waals surface area contributed by atoms with E-state index in [-0.39, 0.29) is 16.4 Å². The van der Waals surface area contributed by atoms with Crippen LogP contribution >= 0.6 is 0 Å². The van der Waals surface area contributed by atoms with Crippen molar-refractivity contribution < 1.29 is 0 Å². The molecular weight excluding hydrogens is 316 g/mol. The predicted octanol–water partition coefficient (Wildman–Crippen LogP) is 5.56. The lowest BCUT2D eigenvalue weighted by molar-refractivity contribution is 0.153. The van der Waals surface area contributed by atoms with Crippen molar-refractivity contribution >= 4 is 11.4 Å². The SMILES string of the molecule is Cc1cc2c(cc1C)N(C)[C@]1(C)[C@H](N2)C(C)(C)c2ccccc2C1(C)C. The molecule has 26 heavy (non-hydrogen) atoms. The van der Waals surface area contributed by atoms with E-state index in [2.05, 4.69) is 102 Å². The Balaban J connectivity index is 2.02. The minimum absolute atomic E-state index is 0.0159. The summed E-state index contributed by atoms with van der Waals surface area (Å²) < 4.78 is 0. The Labute approximate surface area is 158 Å². The lowest BCUT2D eigenvalue weighted by Gasteiger charge is -2.65. The highest BCUT2D eigenvalue weighted by Crippen LogP contribution is 2.57. The van der Waals surface area contributed by atoms with E-state index >= 15 is 0 Å². The van der Waals surface area contributed by atoms with Crippen molar-refractivity contribution in [3.63, 3.8) is 0 Å². The van der Waals surface area contributed by atoms with E-state index in [0.717, 1.165) is 0 Å². The fourth-order valence-electron chi connectivity index (χ4n) is 5.62. The van der Waals surface area contributed by atoms with E-state index in [4.69, 9.17) is 0 Å². The van der Waals surface area contributed by atoms with Crippen molar-refractivity contribution in [2.24, 2.45) is 0 Å². The molecular formula is C24H32N2. The number of rotatable bonds is 0. The molecule has 138 valence electrons. The third-order valence-corrected chi connectivity index (χ3v) is 7.81. The van der Waals surface area contributed by atoms with Gasteiger partial charge in [0.15, 0.2) is 0 Å². The Kier molecular flexibility index (Phi) is 3.40. The van der Waals surface area contributed by atoms with E-state index in [1.807, 2.05) is 0 Å². The highest BCUT2D eigenvalue weighted by Gasteiger charge is 2.62. The van der Waals surface area contributed by atoms with E-state index in [1.54, 1.807) is 0 Å². The number of anilines is 2.